The molecule has 1 aliphatic rings. The highest BCUT2D eigenvalue weighted by molar-refractivity contribution is 6.11. The number of ether oxygens (including phenoxy) is 2. The van der Waals surface area contributed by atoms with Crippen LogP contribution in [-0.2, 0) is 13.1 Å². The lowest BCUT2D eigenvalue weighted by Crippen LogP contribution is -2.48. The number of hydrogen-bond acceptors (Lipinski definition) is 8. The third-order valence-electron chi connectivity index (χ3n) is 5.77. The molecule has 2 aromatic heterocycles. The average molecular weight is 510 g/mol. The van der Waals surface area contributed by atoms with Gasteiger partial charge in [0, 0.05) is 48.6 Å². The molecule has 0 radical (unpaired) electrons. The van der Waals surface area contributed by atoms with Crippen molar-refractivity contribution in [1.29, 1.82) is 0 Å². The van der Waals surface area contributed by atoms with Crippen molar-refractivity contribution in [3.05, 3.63) is 70.9 Å². The molecule has 0 bridgehead atoms. The Morgan fingerprint density at radius 1 is 1.22 bits per heavy atom. The first-order valence-corrected chi connectivity index (χ1v) is 11.1. The van der Waals surface area contributed by atoms with Gasteiger partial charge in [-0.25, -0.2) is 13.6 Å². The summed E-state index contributed by atoms with van der Waals surface area (Å²) in [5.74, 6) is -2.62. The van der Waals surface area contributed by atoms with Gasteiger partial charge < -0.3 is 15.2 Å². The zero-order chi connectivity index (χ0) is 26.7. The molecule has 1 aliphatic heterocycles. The lowest BCUT2D eigenvalue weighted by Gasteiger charge is -2.37. The van der Waals surface area contributed by atoms with Crippen LogP contribution in [0.25, 0.3) is 5.57 Å². The van der Waals surface area contributed by atoms with E-state index in [0.29, 0.717) is 33.9 Å². The van der Waals surface area contributed by atoms with Gasteiger partial charge in [0.25, 0.3) is 0 Å². The third-order valence-corrected chi connectivity index (χ3v) is 5.77. The standard InChI is InChI=1S/C25H25F2N7O3/c1-14(28)17(11-29-2)18-8-19-15(10-30-18)12-34(25(35)33(19)13-16-6-5-7-31-32-16)24-22(26)20(36-3)9-21(37-4)23(24)27/h5-11H,12-13,28H2,1-4H3. The first-order chi connectivity index (χ1) is 17.8. The second-order valence-electron chi connectivity index (χ2n) is 8.11. The van der Waals surface area contributed by atoms with Crippen molar-refractivity contribution in [2.24, 2.45) is 10.7 Å². The van der Waals surface area contributed by atoms with E-state index >= 15 is 8.78 Å². The van der Waals surface area contributed by atoms with E-state index in [9.17, 15) is 4.79 Å². The zero-order valence-corrected chi connectivity index (χ0v) is 20.7. The maximum atomic E-state index is 15.4. The molecule has 1 aromatic carbocycles. The monoisotopic (exact) mass is 509 g/mol. The van der Waals surface area contributed by atoms with E-state index in [1.165, 1.54) is 31.5 Å². The smallest absolute Gasteiger partial charge is 0.329 e. The number of amides is 2. The molecule has 4 rings (SSSR count). The largest absolute Gasteiger partial charge is 0.493 e. The molecule has 0 saturated carbocycles. The fraction of sp³-hybridized carbons (Fsp3) is 0.240. The molecule has 0 spiro atoms. The van der Waals surface area contributed by atoms with Crippen molar-refractivity contribution in [2.45, 2.75) is 20.0 Å². The summed E-state index contributed by atoms with van der Waals surface area (Å²) in [6.45, 7) is 1.53. The van der Waals surface area contributed by atoms with Gasteiger partial charge in [0.1, 0.15) is 5.69 Å². The number of methoxy groups -OCH3 is 2. The summed E-state index contributed by atoms with van der Waals surface area (Å²) < 4.78 is 40.9. The summed E-state index contributed by atoms with van der Waals surface area (Å²) in [6.07, 6.45) is 4.61. The van der Waals surface area contributed by atoms with E-state index in [1.807, 2.05) is 0 Å². The molecule has 0 saturated heterocycles. The number of allylic oxidation sites excluding steroid dienone is 2. The number of aliphatic imine (C=N–C) groups is 1. The minimum atomic E-state index is -1.04. The van der Waals surface area contributed by atoms with Gasteiger partial charge in [-0.2, -0.15) is 10.2 Å². The maximum absolute atomic E-state index is 15.4. The molecule has 3 aromatic rings. The van der Waals surface area contributed by atoms with Crippen LogP contribution >= 0.6 is 0 Å². The van der Waals surface area contributed by atoms with Gasteiger partial charge in [-0.1, -0.05) is 0 Å². The van der Waals surface area contributed by atoms with Crippen molar-refractivity contribution < 1.29 is 23.0 Å². The first-order valence-electron chi connectivity index (χ1n) is 11.1. The lowest BCUT2D eigenvalue weighted by atomic mass is 10.0. The van der Waals surface area contributed by atoms with Crippen LogP contribution < -0.4 is 25.0 Å². The molecular weight excluding hydrogens is 484 g/mol. The fourth-order valence-corrected chi connectivity index (χ4v) is 4.00. The Bertz CT molecular complexity index is 1360. The second-order valence-corrected chi connectivity index (χ2v) is 8.11. The predicted molar refractivity (Wildman–Crippen MR) is 135 cm³/mol. The van der Waals surface area contributed by atoms with Crippen LogP contribution in [0, 0.1) is 11.6 Å². The number of benzene rings is 1. The number of aromatic nitrogens is 3. The number of nitrogens with two attached hydrogens (primary N) is 1. The first kappa shape index (κ1) is 25.5. The average Bonchev–Trinajstić information content (AvgIpc) is 2.90. The number of carbonyl (C=O) groups is 1. The van der Waals surface area contributed by atoms with Crippen molar-refractivity contribution in [2.75, 3.05) is 31.1 Å². The van der Waals surface area contributed by atoms with E-state index in [4.69, 9.17) is 15.2 Å². The maximum Gasteiger partial charge on any atom is 0.329 e. The van der Waals surface area contributed by atoms with E-state index in [-0.39, 0.29) is 24.6 Å². The van der Waals surface area contributed by atoms with E-state index in [0.717, 1.165) is 11.0 Å². The number of pyridine rings is 1. The van der Waals surface area contributed by atoms with Gasteiger partial charge in [0.15, 0.2) is 23.1 Å². The molecular formula is C25H25F2N7O3. The van der Waals surface area contributed by atoms with Gasteiger partial charge in [0.2, 0.25) is 0 Å². The van der Waals surface area contributed by atoms with Crippen LogP contribution in [0.2, 0.25) is 0 Å². The van der Waals surface area contributed by atoms with Gasteiger partial charge in [0.05, 0.1) is 44.4 Å². The van der Waals surface area contributed by atoms with E-state index in [1.54, 1.807) is 38.4 Å². The molecule has 0 atom stereocenters. The summed E-state index contributed by atoms with van der Waals surface area (Å²) in [5.41, 5.74) is 8.46. The molecule has 192 valence electrons. The highest BCUT2D eigenvalue weighted by atomic mass is 19.1. The van der Waals surface area contributed by atoms with Gasteiger partial charge in [-0.3, -0.25) is 19.8 Å². The number of rotatable bonds is 7. The van der Waals surface area contributed by atoms with Crippen molar-refractivity contribution in [3.63, 3.8) is 0 Å². The number of hydrogen-bond donors (Lipinski definition) is 1. The molecule has 12 heteroatoms. The van der Waals surface area contributed by atoms with Crippen LogP contribution in [0.3, 0.4) is 0 Å². The number of anilines is 2. The van der Waals surface area contributed by atoms with Crippen LogP contribution in [0.4, 0.5) is 25.0 Å². The number of halogens is 2. The third kappa shape index (κ3) is 4.77. The minimum Gasteiger partial charge on any atom is -0.493 e. The summed E-state index contributed by atoms with van der Waals surface area (Å²) in [5, 5.41) is 7.93. The Hall–Kier alpha value is -4.61. The van der Waals surface area contributed by atoms with Crippen molar-refractivity contribution >= 4 is 29.2 Å². The minimum absolute atomic E-state index is 0.0213. The van der Waals surface area contributed by atoms with Gasteiger partial charge in [-0.15, -0.1) is 0 Å². The molecule has 10 nitrogen and oxygen atoms in total. The number of urea groups is 1. The Balaban J connectivity index is 1.90. The quantitative estimate of drug-likeness (QED) is 0.482. The van der Waals surface area contributed by atoms with E-state index in [2.05, 4.69) is 20.2 Å². The molecule has 0 aliphatic carbocycles. The Morgan fingerprint density at radius 2 is 1.92 bits per heavy atom. The molecule has 2 amide bonds. The van der Waals surface area contributed by atoms with Gasteiger partial charge >= 0.3 is 6.03 Å². The lowest BCUT2D eigenvalue weighted by molar-refractivity contribution is 0.249. The van der Waals surface area contributed by atoms with Crippen LogP contribution in [0.5, 0.6) is 11.5 Å². The highest BCUT2D eigenvalue weighted by Crippen LogP contribution is 2.41. The molecule has 0 unspecified atom stereocenters. The van der Waals surface area contributed by atoms with Crippen LogP contribution in [0.15, 0.2) is 47.3 Å². The number of nitrogens with zero attached hydrogens (tertiary/aromatic N) is 6. The summed E-state index contributed by atoms with van der Waals surface area (Å²) in [4.78, 5) is 24.7. The van der Waals surface area contributed by atoms with Crippen molar-refractivity contribution in [1.82, 2.24) is 15.2 Å². The molecule has 3 heterocycles. The zero-order valence-electron chi connectivity index (χ0n) is 20.7. The Morgan fingerprint density at radius 3 is 2.49 bits per heavy atom. The number of fused-ring (bicyclic) bond motifs is 1. The summed E-state index contributed by atoms with van der Waals surface area (Å²) in [7, 11) is 4.08. The number of carbonyl (C=O) groups excluding carboxylic acids is 1. The highest BCUT2D eigenvalue weighted by Gasteiger charge is 2.37. The molecule has 37 heavy (non-hydrogen) atoms. The second kappa shape index (κ2) is 10.6. The van der Waals surface area contributed by atoms with Crippen molar-refractivity contribution in [3.8, 4) is 11.5 Å². The molecule has 2 N–H and O–H groups in total. The van der Waals surface area contributed by atoms with Crippen LogP contribution in [-0.4, -0.2) is 48.7 Å². The Labute approximate surface area is 212 Å². The van der Waals surface area contributed by atoms with Gasteiger partial charge in [-0.05, 0) is 25.1 Å². The summed E-state index contributed by atoms with van der Waals surface area (Å²) >= 11 is 0. The van der Waals surface area contributed by atoms with Crippen LogP contribution in [0.1, 0.15) is 23.9 Å². The SMILES string of the molecule is CN=CC(=C(C)N)c1cc2c(cn1)CN(c1c(F)c(OC)cc(OC)c1F)C(=O)N2Cc1cccnn1. The fourth-order valence-electron chi connectivity index (χ4n) is 4.00. The normalized spacial score (nSPS) is 14.1. The predicted octanol–water partition coefficient (Wildman–Crippen LogP) is 3.70. The van der Waals surface area contributed by atoms with E-state index < -0.39 is 23.4 Å². The molecule has 0 fully saturated rings. The topological polar surface area (TPSA) is 119 Å². The summed E-state index contributed by atoms with van der Waals surface area (Å²) in [6, 6.07) is 5.45. The Kier molecular flexibility index (Phi) is 7.27.